The Hall–Kier alpha value is -3.42. The van der Waals surface area contributed by atoms with Crippen LogP contribution in [0.1, 0.15) is 15.9 Å². The Morgan fingerprint density at radius 3 is 2.58 bits per heavy atom. The molecule has 2 aromatic rings. The number of rotatable bonds is 6. The van der Waals surface area contributed by atoms with Crippen molar-refractivity contribution >= 4 is 23.2 Å². The van der Waals surface area contributed by atoms with E-state index in [1.54, 1.807) is 19.1 Å². The van der Waals surface area contributed by atoms with Crippen LogP contribution in [0, 0.1) is 17.0 Å². The Kier molecular flexibility index (Phi) is 5.10. The van der Waals surface area contributed by atoms with Crippen molar-refractivity contribution in [3.05, 3.63) is 63.7 Å². The van der Waals surface area contributed by atoms with E-state index >= 15 is 0 Å². The number of carbonyl (C=O) groups is 2. The van der Waals surface area contributed by atoms with Gasteiger partial charge in [-0.05, 0) is 30.7 Å². The van der Waals surface area contributed by atoms with Gasteiger partial charge in [-0.1, -0.05) is 12.1 Å². The Balaban J connectivity index is 2.02. The molecule has 0 atom stereocenters. The van der Waals surface area contributed by atoms with Crippen LogP contribution in [0.4, 0.5) is 11.4 Å². The number of aryl methyl sites for hydroxylation is 1. The van der Waals surface area contributed by atoms with Crippen molar-refractivity contribution in [3.63, 3.8) is 0 Å². The van der Waals surface area contributed by atoms with Gasteiger partial charge in [-0.3, -0.25) is 19.7 Å². The smallest absolute Gasteiger partial charge is 0.269 e. The van der Waals surface area contributed by atoms with E-state index in [1.807, 2.05) is 0 Å². The van der Waals surface area contributed by atoms with Gasteiger partial charge >= 0.3 is 0 Å². The third-order valence-electron chi connectivity index (χ3n) is 3.21. The second-order valence-corrected chi connectivity index (χ2v) is 4.95. The summed E-state index contributed by atoms with van der Waals surface area (Å²) in [6.07, 6.45) is 0. The van der Waals surface area contributed by atoms with E-state index in [0.717, 1.165) is 0 Å². The van der Waals surface area contributed by atoms with Gasteiger partial charge < -0.3 is 15.8 Å². The highest BCUT2D eigenvalue weighted by Gasteiger charge is 2.12. The molecule has 3 N–H and O–H groups in total. The van der Waals surface area contributed by atoms with Gasteiger partial charge in [0.2, 0.25) is 0 Å². The van der Waals surface area contributed by atoms with Crippen molar-refractivity contribution in [3.8, 4) is 5.75 Å². The van der Waals surface area contributed by atoms with Crippen molar-refractivity contribution in [1.29, 1.82) is 0 Å². The zero-order chi connectivity index (χ0) is 17.7. The van der Waals surface area contributed by atoms with Crippen molar-refractivity contribution < 1.29 is 19.2 Å². The monoisotopic (exact) mass is 329 g/mol. The number of benzene rings is 2. The number of non-ortho nitro benzene ring substituents is 1. The number of hydrogen-bond donors (Lipinski definition) is 2. The molecule has 0 heterocycles. The third-order valence-corrected chi connectivity index (χ3v) is 3.21. The molecule has 2 rings (SSSR count). The van der Waals surface area contributed by atoms with Crippen LogP contribution in [0.3, 0.4) is 0 Å². The molecule has 0 unspecified atom stereocenters. The first-order chi connectivity index (χ1) is 11.4. The second kappa shape index (κ2) is 7.23. The van der Waals surface area contributed by atoms with Gasteiger partial charge in [0.05, 0.1) is 10.5 Å². The molecule has 0 aliphatic heterocycles. The highest BCUT2D eigenvalue weighted by atomic mass is 16.6. The second-order valence-electron chi connectivity index (χ2n) is 4.95. The minimum Gasteiger partial charge on any atom is -0.483 e. The normalized spacial score (nSPS) is 10.0. The first-order valence-corrected chi connectivity index (χ1v) is 6.95. The minimum atomic E-state index is -0.655. The summed E-state index contributed by atoms with van der Waals surface area (Å²) in [6, 6.07) is 10.4. The third kappa shape index (κ3) is 4.07. The molecule has 8 nitrogen and oxygen atoms in total. The number of para-hydroxylation sites is 1. The van der Waals surface area contributed by atoms with Gasteiger partial charge in [-0.25, -0.2) is 0 Å². The lowest BCUT2D eigenvalue weighted by molar-refractivity contribution is -0.384. The molecule has 24 heavy (non-hydrogen) atoms. The summed E-state index contributed by atoms with van der Waals surface area (Å²) in [7, 11) is 0. The Morgan fingerprint density at radius 2 is 1.96 bits per heavy atom. The maximum absolute atomic E-state index is 12.0. The molecule has 0 fully saturated rings. The SMILES string of the molecule is Cc1cc([N+](=O)[O-])ccc1NC(=O)COc1ccccc1C(N)=O. The summed E-state index contributed by atoms with van der Waals surface area (Å²) in [6.45, 7) is 1.31. The molecular formula is C16H15N3O5. The van der Waals surface area contributed by atoms with Crippen molar-refractivity contribution in [2.45, 2.75) is 6.92 Å². The average Bonchev–Trinajstić information content (AvgIpc) is 2.54. The van der Waals surface area contributed by atoms with E-state index < -0.39 is 16.7 Å². The lowest BCUT2D eigenvalue weighted by Crippen LogP contribution is -2.22. The number of nitrogens with zero attached hydrogens (tertiary/aromatic N) is 1. The summed E-state index contributed by atoms with van der Waals surface area (Å²) in [5, 5.41) is 13.3. The van der Waals surface area contributed by atoms with Crippen molar-refractivity contribution in [2.24, 2.45) is 5.73 Å². The number of nitro groups is 1. The molecule has 0 bridgehead atoms. The molecule has 0 aromatic heterocycles. The van der Waals surface area contributed by atoms with Crippen LogP contribution in [0.5, 0.6) is 5.75 Å². The largest absolute Gasteiger partial charge is 0.483 e. The number of amides is 2. The Bertz CT molecular complexity index is 804. The molecule has 2 aromatic carbocycles. The van der Waals surface area contributed by atoms with E-state index in [-0.39, 0.29) is 23.6 Å². The number of anilines is 1. The van der Waals surface area contributed by atoms with E-state index in [0.29, 0.717) is 11.3 Å². The fourth-order valence-electron chi connectivity index (χ4n) is 2.03. The van der Waals surface area contributed by atoms with Crippen LogP contribution in [0.15, 0.2) is 42.5 Å². The van der Waals surface area contributed by atoms with E-state index in [4.69, 9.17) is 10.5 Å². The minimum absolute atomic E-state index is 0.0582. The van der Waals surface area contributed by atoms with Gasteiger partial charge in [-0.15, -0.1) is 0 Å². The van der Waals surface area contributed by atoms with Gasteiger partial charge in [0, 0.05) is 17.8 Å². The molecule has 8 heteroatoms. The topological polar surface area (TPSA) is 125 Å². The summed E-state index contributed by atoms with van der Waals surface area (Å²) in [4.78, 5) is 33.4. The quantitative estimate of drug-likeness (QED) is 0.619. The zero-order valence-corrected chi connectivity index (χ0v) is 12.8. The molecule has 0 spiro atoms. The summed E-state index contributed by atoms with van der Waals surface area (Å²) >= 11 is 0. The summed E-state index contributed by atoms with van der Waals surface area (Å²) in [5.41, 5.74) is 6.34. The van der Waals surface area contributed by atoms with Crippen LogP contribution in [-0.2, 0) is 4.79 Å². The van der Waals surface area contributed by atoms with E-state index in [1.165, 1.54) is 30.3 Å². The summed E-state index contributed by atoms with van der Waals surface area (Å²) in [5.74, 6) is -0.913. The van der Waals surface area contributed by atoms with Crippen LogP contribution in [-0.4, -0.2) is 23.3 Å². The van der Waals surface area contributed by atoms with Gasteiger partial charge in [0.25, 0.3) is 17.5 Å². The van der Waals surface area contributed by atoms with Crippen molar-refractivity contribution in [1.82, 2.24) is 0 Å². The maximum atomic E-state index is 12.0. The predicted molar refractivity (Wildman–Crippen MR) is 86.9 cm³/mol. The first-order valence-electron chi connectivity index (χ1n) is 6.95. The van der Waals surface area contributed by atoms with Gasteiger partial charge in [0.1, 0.15) is 5.75 Å². The number of nitrogens with one attached hydrogen (secondary N) is 1. The van der Waals surface area contributed by atoms with Crippen molar-refractivity contribution in [2.75, 3.05) is 11.9 Å². The van der Waals surface area contributed by atoms with E-state index in [9.17, 15) is 19.7 Å². The number of nitro benzene ring substituents is 1. The van der Waals surface area contributed by atoms with Crippen LogP contribution >= 0.6 is 0 Å². The lowest BCUT2D eigenvalue weighted by atomic mass is 10.2. The van der Waals surface area contributed by atoms with Crippen LogP contribution in [0.2, 0.25) is 0 Å². The van der Waals surface area contributed by atoms with Crippen LogP contribution < -0.4 is 15.8 Å². The molecular weight excluding hydrogens is 314 g/mol. The number of hydrogen-bond acceptors (Lipinski definition) is 5. The zero-order valence-electron chi connectivity index (χ0n) is 12.8. The highest BCUT2D eigenvalue weighted by molar-refractivity contribution is 5.96. The molecule has 0 radical (unpaired) electrons. The van der Waals surface area contributed by atoms with Crippen LogP contribution in [0.25, 0.3) is 0 Å². The predicted octanol–water partition coefficient (Wildman–Crippen LogP) is 2.02. The lowest BCUT2D eigenvalue weighted by Gasteiger charge is -2.11. The van der Waals surface area contributed by atoms with Gasteiger partial charge in [-0.2, -0.15) is 0 Å². The fraction of sp³-hybridized carbons (Fsp3) is 0.125. The molecule has 124 valence electrons. The van der Waals surface area contributed by atoms with Gasteiger partial charge in [0.15, 0.2) is 6.61 Å². The fourth-order valence-corrected chi connectivity index (χ4v) is 2.03. The Labute approximate surface area is 137 Å². The highest BCUT2D eigenvalue weighted by Crippen LogP contribution is 2.21. The maximum Gasteiger partial charge on any atom is 0.269 e. The average molecular weight is 329 g/mol. The standard InChI is InChI=1S/C16H15N3O5/c1-10-8-11(19(22)23)6-7-13(10)18-15(20)9-24-14-5-3-2-4-12(14)16(17)21/h2-8H,9H2,1H3,(H2,17,21)(H,18,20). The Morgan fingerprint density at radius 1 is 1.25 bits per heavy atom. The number of primary amides is 1. The number of ether oxygens (including phenoxy) is 1. The molecule has 0 aliphatic carbocycles. The number of nitrogens with two attached hydrogens (primary N) is 1. The molecule has 0 aliphatic rings. The molecule has 0 saturated carbocycles. The molecule has 2 amide bonds. The molecule has 0 saturated heterocycles. The summed E-state index contributed by atoms with van der Waals surface area (Å²) < 4.78 is 5.31. The first kappa shape index (κ1) is 16.9. The van der Waals surface area contributed by atoms with E-state index in [2.05, 4.69) is 5.32 Å². The number of carbonyl (C=O) groups excluding carboxylic acids is 2.